The molecule has 0 atom stereocenters. The van der Waals surface area contributed by atoms with Crippen molar-refractivity contribution in [2.75, 3.05) is 5.73 Å². The third-order valence-electron chi connectivity index (χ3n) is 3.36. The van der Waals surface area contributed by atoms with E-state index in [2.05, 4.69) is 21.0 Å². The Balaban J connectivity index is 2.32. The quantitative estimate of drug-likeness (QED) is 0.745. The Hall–Kier alpha value is -2.36. The molecule has 0 aliphatic carbocycles. The third kappa shape index (κ3) is 2.34. The van der Waals surface area contributed by atoms with Gasteiger partial charge in [0.2, 0.25) is 0 Å². The standard InChI is InChI=1S/C15H12ClN5S/c1-7-13(10-6-19-8(2)20-10)9(5-17)15(18)21-14(7)11-3-4-12(16)22-11/h3-4,6H,1-2H3,(H2,18,21)(H,19,20). The van der Waals surface area contributed by atoms with Gasteiger partial charge in [-0.3, -0.25) is 0 Å². The first-order valence-electron chi connectivity index (χ1n) is 6.49. The number of thiophene rings is 1. The number of nitriles is 1. The average Bonchev–Trinajstić information content (AvgIpc) is 3.09. The van der Waals surface area contributed by atoms with Crippen molar-refractivity contribution in [3.8, 4) is 27.9 Å². The number of hydrogen-bond acceptors (Lipinski definition) is 5. The van der Waals surface area contributed by atoms with Crippen LogP contribution < -0.4 is 5.73 Å². The van der Waals surface area contributed by atoms with Gasteiger partial charge >= 0.3 is 0 Å². The fourth-order valence-electron chi connectivity index (χ4n) is 2.37. The van der Waals surface area contributed by atoms with E-state index >= 15 is 0 Å². The van der Waals surface area contributed by atoms with Crippen LogP contribution in [0, 0.1) is 25.2 Å². The van der Waals surface area contributed by atoms with Crippen LogP contribution >= 0.6 is 22.9 Å². The zero-order valence-corrected chi connectivity index (χ0v) is 13.5. The second kappa shape index (κ2) is 5.44. The molecule has 5 nitrogen and oxygen atoms in total. The van der Waals surface area contributed by atoms with Crippen LogP contribution in [0.1, 0.15) is 17.0 Å². The van der Waals surface area contributed by atoms with Gasteiger partial charge in [0.05, 0.1) is 26.8 Å². The number of H-pyrrole nitrogens is 1. The molecule has 0 spiro atoms. The van der Waals surface area contributed by atoms with Gasteiger partial charge in [0.1, 0.15) is 23.3 Å². The number of nitrogens with two attached hydrogens (primary N) is 1. The summed E-state index contributed by atoms with van der Waals surface area (Å²) in [5, 5.41) is 9.43. The van der Waals surface area contributed by atoms with Crippen molar-refractivity contribution in [3.05, 3.63) is 39.6 Å². The number of aromatic nitrogens is 3. The van der Waals surface area contributed by atoms with E-state index in [0.29, 0.717) is 9.90 Å². The Labute approximate surface area is 136 Å². The van der Waals surface area contributed by atoms with E-state index in [1.54, 1.807) is 6.20 Å². The van der Waals surface area contributed by atoms with E-state index in [0.717, 1.165) is 33.2 Å². The molecule has 3 aromatic heterocycles. The summed E-state index contributed by atoms with van der Waals surface area (Å²) in [7, 11) is 0. The molecule has 0 saturated heterocycles. The van der Waals surface area contributed by atoms with Crippen molar-refractivity contribution < 1.29 is 0 Å². The van der Waals surface area contributed by atoms with Crippen molar-refractivity contribution in [1.82, 2.24) is 15.0 Å². The highest BCUT2D eigenvalue weighted by atomic mass is 35.5. The Morgan fingerprint density at radius 1 is 1.36 bits per heavy atom. The Morgan fingerprint density at radius 3 is 2.68 bits per heavy atom. The Kier molecular flexibility index (Phi) is 3.61. The average molecular weight is 330 g/mol. The van der Waals surface area contributed by atoms with Gasteiger partial charge in [0.15, 0.2) is 0 Å². The first kappa shape index (κ1) is 14.6. The number of aromatic amines is 1. The first-order chi connectivity index (χ1) is 10.5. The molecular weight excluding hydrogens is 318 g/mol. The fraction of sp³-hybridized carbons (Fsp3) is 0.133. The van der Waals surface area contributed by atoms with Gasteiger partial charge in [-0.2, -0.15) is 5.26 Å². The lowest BCUT2D eigenvalue weighted by atomic mass is 9.99. The second-order valence-corrected chi connectivity index (χ2v) is 6.53. The van der Waals surface area contributed by atoms with E-state index < -0.39 is 0 Å². The smallest absolute Gasteiger partial charge is 0.142 e. The fourth-order valence-corrected chi connectivity index (χ4v) is 3.46. The largest absolute Gasteiger partial charge is 0.383 e. The lowest BCUT2D eigenvalue weighted by Crippen LogP contribution is -2.02. The van der Waals surface area contributed by atoms with Crippen molar-refractivity contribution in [1.29, 1.82) is 5.26 Å². The highest BCUT2D eigenvalue weighted by Gasteiger charge is 2.20. The molecule has 3 heterocycles. The number of aryl methyl sites for hydroxylation is 1. The van der Waals surface area contributed by atoms with Crippen LogP contribution in [0.15, 0.2) is 18.3 Å². The van der Waals surface area contributed by atoms with Gasteiger partial charge in [-0.25, -0.2) is 9.97 Å². The monoisotopic (exact) mass is 329 g/mol. The molecule has 0 unspecified atom stereocenters. The number of anilines is 1. The molecule has 22 heavy (non-hydrogen) atoms. The highest BCUT2D eigenvalue weighted by Crippen LogP contribution is 2.38. The summed E-state index contributed by atoms with van der Waals surface area (Å²) in [6.07, 6.45) is 1.70. The van der Waals surface area contributed by atoms with E-state index in [4.69, 9.17) is 17.3 Å². The van der Waals surface area contributed by atoms with Gasteiger partial charge in [-0.1, -0.05) is 11.6 Å². The molecular formula is C15H12ClN5S. The summed E-state index contributed by atoms with van der Waals surface area (Å²) in [5.41, 5.74) is 9.43. The molecule has 0 fully saturated rings. The lowest BCUT2D eigenvalue weighted by Gasteiger charge is -2.12. The van der Waals surface area contributed by atoms with Crippen molar-refractivity contribution in [2.24, 2.45) is 0 Å². The zero-order valence-electron chi connectivity index (χ0n) is 11.9. The van der Waals surface area contributed by atoms with E-state index in [-0.39, 0.29) is 5.82 Å². The van der Waals surface area contributed by atoms with Crippen LogP contribution in [0.4, 0.5) is 5.82 Å². The van der Waals surface area contributed by atoms with E-state index in [1.165, 1.54) is 11.3 Å². The molecule has 0 aliphatic rings. The van der Waals surface area contributed by atoms with Gasteiger partial charge < -0.3 is 10.7 Å². The predicted octanol–water partition coefficient (Wildman–Crippen LogP) is 3.92. The minimum absolute atomic E-state index is 0.204. The molecule has 110 valence electrons. The normalized spacial score (nSPS) is 10.6. The number of nitrogens with zero attached hydrogens (tertiary/aromatic N) is 3. The molecule has 0 amide bonds. The van der Waals surface area contributed by atoms with Gasteiger partial charge in [-0.15, -0.1) is 11.3 Å². The van der Waals surface area contributed by atoms with Crippen molar-refractivity contribution in [3.63, 3.8) is 0 Å². The van der Waals surface area contributed by atoms with Gasteiger partial charge in [-0.05, 0) is 31.5 Å². The number of nitrogens with one attached hydrogen (secondary N) is 1. The highest BCUT2D eigenvalue weighted by molar-refractivity contribution is 7.19. The SMILES string of the molecule is Cc1ncc(-c2c(C)c(-c3ccc(Cl)s3)nc(N)c2C#N)[nH]1. The van der Waals surface area contributed by atoms with E-state index in [9.17, 15) is 5.26 Å². The minimum atomic E-state index is 0.204. The Morgan fingerprint density at radius 2 is 2.14 bits per heavy atom. The lowest BCUT2D eigenvalue weighted by molar-refractivity contribution is 1.15. The van der Waals surface area contributed by atoms with Crippen LogP contribution in [0.25, 0.3) is 21.8 Å². The maximum Gasteiger partial charge on any atom is 0.142 e. The van der Waals surface area contributed by atoms with Crippen LogP contribution in [-0.4, -0.2) is 15.0 Å². The second-order valence-electron chi connectivity index (χ2n) is 4.82. The Bertz CT molecular complexity index is 903. The number of pyridine rings is 1. The molecule has 3 aromatic rings. The summed E-state index contributed by atoms with van der Waals surface area (Å²) in [6, 6.07) is 5.85. The summed E-state index contributed by atoms with van der Waals surface area (Å²) >= 11 is 7.44. The van der Waals surface area contributed by atoms with Crippen LogP contribution in [0.2, 0.25) is 4.34 Å². The molecule has 7 heteroatoms. The number of imidazole rings is 1. The summed E-state index contributed by atoms with van der Waals surface area (Å²) < 4.78 is 0.679. The number of nitrogen functional groups attached to an aromatic ring is 1. The maximum atomic E-state index is 9.43. The molecule has 3 rings (SSSR count). The summed E-state index contributed by atoms with van der Waals surface area (Å²) in [5.74, 6) is 0.976. The topological polar surface area (TPSA) is 91.4 Å². The molecule has 0 saturated carbocycles. The van der Waals surface area contributed by atoms with E-state index in [1.807, 2.05) is 26.0 Å². The van der Waals surface area contributed by atoms with Crippen LogP contribution in [0.3, 0.4) is 0 Å². The number of hydrogen-bond donors (Lipinski definition) is 2. The molecule has 3 N–H and O–H groups in total. The molecule has 0 aliphatic heterocycles. The maximum absolute atomic E-state index is 9.43. The minimum Gasteiger partial charge on any atom is -0.383 e. The zero-order chi connectivity index (χ0) is 15.9. The molecule has 0 radical (unpaired) electrons. The third-order valence-corrected chi connectivity index (χ3v) is 4.60. The summed E-state index contributed by atoms with van der Waals surface area (Å²) in [4.78, 5) is 12.7. The van der Waals surface area contributed by atoms with Gasteiger partial charge in [0, 0.05) is 5.56 Å². The summed E-state index contributed by atoms with van der Waals surface area (Å²) in [6.45, 7) is 3.77. The van der Waals surface area contributed by atoms with Crippen LogP contribution in [0.5, 0.6) is 0 Å². The van der Waals surface area contributed by atoms with Crippen molar-refractivity contribution in [2.45, 2.75) is 13.8 Å². The predicted molar refractivity (Wildman–Crippen MR) is 88.7 cm³/mol. The number of rotatable bonds is 2. The molecule has 0 aromatic carbocycles. The number of halogens is 1. The molecule has 0 bridgehead atoms. The van der Waals surface area contributed by atoms with Crippen LogP contribution in [-0.2, 0) is 0 Å². The van der Waals surface area contributed by atoms with Gasteiger partial charge in [0.25, 0.3) is 0 Å². The first-order valence-corrected chi connectivity index (χ1v) is 7.68. The van der Waals surface area contributed by atoms with Crippen molar-refractivity contribution >= 4 is 28.8 Å².